The molecule has 122 valence electrons. The van der Waals surface area contributed by atoms with Crippen molar-refractivity contribution in [3.63, 3.8) is 0 Å². The lowest BCUT2D eigenvalue weighted by Crippen LogP contribution is -2.17. The minimum Gasteiger partial charge on any atom is -0.134 e. The summed E-state index contributed by atoms with van der Waals surface area (Å²) in [5.41, 5.74) is 3.50. The molecule has 1 aromatic carbocycles. The van der Waals surface area contributed by atoms with Crippen LogP contribution in [0.2, 0.25) is 0 Å². The van der Waals surface area contributed by atoms with Crippen LogP contribution in [0.4, 0.5) is 0 Å². The average Bonchev–Trinajstić information content (AvgIpc) is 2.48. The predicted octanol–water partition coefficient (Wildman–Crippen LogP) is 6.15. The molecule has 2 unspecified atom stereocenters. The number of allylic oxidation sites excluding steroid dienone is 2. The fourth-order valence-electron chi connectivity index (χ4n) is 2.27. The van der Waals surface area contributed by atoms with E-state index in [2.05, 4.69) is 51.1 Å². The van der Waals surface area contributed by atoms with Crippen LogP contribution in [-0.4, -0.2) is 11.8 Å². The van der Waals surface area contributed by atoms with Crippen molar-refractivity contribution in [1.29, 1.82) is 0 Å². The van der Waals surface area contributed by atoms with Crippen LogP contribution in [0.3, 0.4) is 0 Å². The van der Waals surface area contributed by atoms with Crippen LogP contribution in [0, 0.1) is 5.41 Å². The van der Waals surface area contributed by atoms with Crippen LogP contribution < -0.4 is 0 Å². The normalized spacial score (nSPS) is 20.8. The molecule has 1 aliphatic rings. The highest BCUT2D eigenvalue weighted by atomic mass is 31.1. The molecule has 0 N–H and O–H groups in total. The summed E-state index contributed by atoms with van der Waals surface area (Å²) < 4.78 is 17.9. The Bertz CT molecular complexity index is 646. The lowest BCUT2D eigenvalue weighted by Gasteiger charge is -2.25. The van der Waals surface area contributed by atoms with Gasteiger partial charge in [-0.25, -0.2) is 0 Å². The van der Waals surface area contributed by atoms with Crippen molar-refractivity contribution in [3.8, 4) is 0 Å². The van der Waals surface area contributed by atoms with Gasteiger partial charge in [-0.05, 0) is 52.7 Å². The lowest BCUT2D eigenvalue weighted by molar-refractivity contribution is 0.296. The SMILES string of the molecule is CC(C)[P+](=O)OC1C=CC(C(C)(C)C)=CC1=Cc1ccccc1. The van der Waals surface area contributed by atoms with Crippen molar-refractivity contribution < 1.29 is 9.09 Å². The van der Waals surface area contributed by atoms with E-state index >= 15 is 0 Å². The molecule has 1 aliphatic carbocycles. The molecule has 3 heteroatoms. The zero-order valence-electron chi connectivity index (χ0n) is 14.6. The maximum Gasteiger partial charge on any atom is 0.511 e. The van der Waals surface area contributed by atoms with Crippen molar-refractivity contribution in [2.45, 2.75) is 46.4 Å². The fraction of sp³-hybridized carbons (Fsp3) is 0.400. The first kappa shape index (κ1) is 17.8. The van der Waals surface area contributed by atoms with E-state index in [1.807, 2.05) is 38.1 Å². The predicted molar refractivity (Wildman–Crippen MR) is 98.7 cm³/mol. The van der Waals surface area contributed by atoms with E-state index in [0.29, 0.717) is 0 Å². The van der Waals surface area contributed by atoms with Crippen molar-refractivity contribution in [2.24, 2.45) is 5.41 Å². The van der Waals surface area contributed by atoms with Gasteiger partial charge in [0.2, 0.25) is 0 Å². The van der Waals surface area contributed by atoms with E-state index in [9.17, 15) is 4.57 Å². The summed E-state index contributed by atoms with van der Waals surface area (Å²) in [5, 5.41) is 0. The average molecular weight is 329 g/mol. The van der Waals surface area contributed by atoms with Crippen molar-refractivity contribution in [3.05, 3.63) is 65.3 Å². The van der Waals surface area contributed by atoms with Gasteiger partial charge in [0.25, 0.3) is 0 Å². The lowest BCUT2D eigenvalue weighted by atomic mass is 9.81. The molecule has 0 amide bonds. The molecule has 0 fully saturated rings. The highest BCUT2D eigenvalue weighted by Crippen LogP contribution is 2.38. The zero-order valence-corrected chi connectivity index (χ0v) is 15.5. The smallest absolute Gasteiger partial charge is 0.134 e. The minimum absolute atomic E-state index is 0.0179. The van der Waals surface area contributed by atoms with Crippen LogP contribution >= 0.6 is 8.03 Å². The maximum atomic E-state index is 12.1. The van der Waals surface area contributed by atoms with Gasteiger partial charge < -0.3 is 0 Å². The van der Waals surface area contributed by atoms with Gasteiger partial charge in [-0.2, -0.15) is 0 Å². The highest BCUT2D eigenvalue weighted by molar-refractivity contribution is 7.40. The fourth-order valence-corrected chi connectivity index (χ4v) is 2.93. The second-order valence-electron chi connectivity index (χ2n) is 7.17. The molecule has 2 nitrogen and oxygen atoms in total. The zero-order chi connectivity index (χ0) is 17.0. The third kappa shape index (κ3) is 4.99. The van der Waals surface area contributed by atoms with Gasteiger partial charge >= 0.3 is 8.03 Å². The van der Waals surface area contributed by atoms with Gasteiger partial charge in [-0.15, -0.1) is 4.52 Å². The van der Waals surface area contributed by atoms with Crippen LogP contribution in [-0.2, 0) is 9.09 Å². The van der Waals surface area contributed by atoms with E-state index < -0.39 is 8.03 Å². The van der Waals surface area contributed by atoms with Gasteiger partial charge in [0.1, 0.15) is 0 Å². The van der Waals surface area contributed by atoms with Gasteiger partial charge in [-0.1, -0.05) is 63.3 Å². The standard InChI is InChI=1S/C20H26O2P/c1-15(2)23(21)22-19-12-11-18(20(3,4)5)14-17(19)13-16-9-7-6-8-10-16/h6-15,19H,1-5H3/q+1. The Morgan fingerprint density at radius 1 is 1.17 bits per heavy atom. The van der Waals surface area contributed by atoms with Crippen LogP contribution in [0.5, 0.6) is 0 Å². The summed E-state index contributed by atoms with van der Waals surface area (Å²) in [4.78, 5) is 0. The number of hydrogen-bond donors (Lipinski definition) is 0. The largest absolute Gasteiger partial charge is 0.511 e. The molecule has 0 bridgehead atoms. The molecule has 0 saturated carbocycles. The van der Waals surface area contributed by atoms with Gasteiger partial charge in [0, 0.05) is 0 Å². The summed E-state index contributed by atoms with van der Waals surface area (Å²) in [6, 6.07) is 10.2. The Hall–Kier alpha value is -1.50. The van der Waals surface area contributed by atoms with Gasteiger partial charge in [0.15, 0.2) is 11.8 Å². The van der Waals surface area contributed by atoms with Crippen molar-refractivity contribution >= 4 is 14.1 Å². The molecule has 0 heterocycles. The summed E-state index contributed by atoms with van der Waals surface area (Å²) in [7, 11) is -1.68. The summed E-state index contributed by atoms with van der Waals surface area (Å²) >= 11 is 0. The summed E-state index contributed by atoms with van der Waals surface area (Å²) in [5.74, 6) is 0. The van der Waals surface area contributed by atoms with E-state index in [0.717, 1.165) is 11.1 Å². The molecular weight excluding hydrogens is 303 g/mol. The quantitative estimate of drug-likeness (QED) is 0.619. The van der Waals surface area contributed by atoms with E-state index in [-0.39, 0.29) is 17.2 Å². The minimum atomic E-state index is -1.68. The van der Waals surface area contributed by atoms with Gasteiger partial charge in [0.05, 0.1) is 0 Å². The molecule has 0 aliphatic heterocycles. The van der Waals surface area contributed by atoms with Crippen molar-refractivity contribution in [2.75, 3.05) is 0 Å². The molecule has 0 saturated heterocycles. The van der Waals surface area contributed by atoms with Crippen LogP contribution in [0.25, 0.3) is 6.08 Å². The first-order valence-corrected chi connectivity index (χ1v) is 9.32. The summed E-state index contributed by atoms with van der Waals surface area (Å²) in [6.45, 7) is 10.4. The van der Waals surface area contributed by atoms with E-state index in [1.165, 1.54) is 5.57 Å². The Morgan fingerprint density at radius 2 is 1.83 bits per heavy atom. The molecule has 0 radical (unpaired) electrons. The maximum absolute atomic E-state index is 12.1. The first-order valence-electron chi connectivity index (χ1n) is 8.07. The van der Waals surface area contributed by atoms with E-state index in [4.69, 9.17) is 4.52 Å². The molecule has 2 rings (SSSR count). The molecule has 0 aromatic heterocycles. The van der Waals surface area contributed by atoms with Crippen LogP contribution in [0.15, 0.2) is 59.7 Å². The second kappa shape index (κ2) is 7.38. The Morgan fingerprint density at radius 3 is 2.39 bits per heavy atom. The number of benzene rings is 1. The molecule has 23 heavy (non-hydrogen) atoms. The molecule has 1 aromatic rings. The molecular formula is C20H26O2P+. The summed E-state index contributed by atoms with van der Waals surface area (Å²) in [6.07, 6.45) is 8.14. The third-order valence-corrected chi connectivity index (χ3v) is 5.02. The highest BCUT2D eigenvalue weighted by Gasteiger charge is 2.31. The monoisotopic (exact) mass is 329 g/mol. The van der Waals surface area contributed by atoms with Crippen molar-refractivity contribution in [1.82, 2.24) is 0 Å². The second-order valence-corrected chi connectivity index (χ2v) is 8.98. The Balaban J connectivity index is 2.36. The van der Waals surface area contributed by atoms with Crippen LogP contribution in [0.1, 0.15) is 40.2 Å². The Labute approximate surface area is 140 Å². The number of rotatable bonds is 4. The topological polar surface area (TPSA) is 26.3 Å². The third-order valence-electron chi connectivity index (χ3n) is 3.74. The Kier molecular flexibility index (Phi) is 5.73. The first-order chi connectivity index (χ1) is 10.8. The molecule has 2 atom stereocenters. The van der Waals surface area contributed by atoms with Gasteiger partial charge in [-0.3, -0.25) is 0 Å². The molecule has 0 spiro atoms. The van der Waals surface area contributed by atoms with E-state index in [1.54, 1.807) is 0 Å². The number of hydrogen-bond acceptors (Lipinski definition) is 2.